The molecule has 5 aromatic rings. The van der Waals surface area contributed by atoms with Crippen LogP contribution < -0.4 is 0 Å². The number of fused-ring (bicyclic) bond motifs is 3. The van der Waals surface area contributed by atoms with Crippen molar-refractivity contribution in [3.05, 3.63) is 94.0 Å². The Hall–Kier alpha value is -2.74. The molecule has 3 heteroatoms. The van der Waals surface area contributed by atoms with Gasteiger partial charge in [-0.1, -0.05) is 101 Å². The molecule has 0 aliphatic carbocycles. The van der Waals surface area contributed by atoms with E-state index >= 15 is 0 Å². The van der Waals surface area contributed by atoms with Crippen molar-refractivity contribution < 1.29 is 4.42 Å². The standard InChI is InChI=1S/C32H30Cl2O/c1-31(2,3)22-11-21(12-23(17-22)32(4,5)6)27-15-20(19-13-24(33)18-25(34)14-19)16-28-26-9-7-8-10-29(26)35-30(27)28/h7-18H,1-6H3. The van der Waals surface area contributed by atoms with Crippen LogP contribution in [0.1, 0.15) is 52.7 Å². The largest absolute Gasteiger partial charge is 0.455 e. The van der Waals surface area contributed by atoms with Gasteiger partial charge < -0.3 is 4.42 Å². The maximum absolute atomic E-state index is 6.48. The molecule has 0 aliphatic heterocycles. The van der Waals surface area contributed by atoms with Crippen LogP contribution in [0, 0.1) is 0 Å². The fraction of sp³-hybridized carbons (Fsp3) is 0.250. The summed E-state index contributed by atoms with van der Waals surface area (Å²) in [5, 5.41) is 3.43. The SMILES string of the molecule is CC(C)(C)c1cc(-c2cc(-c3cc(Cl)cc(Cl)c3)cc3c2oc2ccccc23)cc(C(C)(C)C)c1. The van der Waals surface area contributed by atoms with E-state index in [1.807, 2.05) is 24.3 Å². The number of rotatable bonds is 2. The van der Waals surface area contributed by atoms with Crippen molar-refractivity contribution >= 4 is 45.1 Å². The minimum absolute atomic E-state index is 0.0150. The number of para-hydroxylation sites is 1. The van der Waals surface area contributed by atoms with Crippen molar-refractivity contribution in [3.63, 3.8) is 0 Å². The third kappa shape index (κ3) is 4.60. The van der Waals surface area contributed by atoms with Gasteiger partial charge in [0.1, 0.15) is 11.2 Å². The predicted molar refractivity (Wildman–Crippen MR) is 152 cm³/mol. The lowest BCUT2D eigenvalue weighted by Gasteiger charge is -2.26. The molecule has 1 heterocycles. The van der Waals surface area contributed by atoms with Crippen LogP contribution in [0.4, 0.5) is 0 Å². The van der Waals surface area contributed by atoms with Gasteiger partial charge in [-0.15, -0.1) is 0 Å². The lowest BCUT2D eigenvalue weighted by Crippen LogP contribution is -2.16. The van der Waals surface area contributed by atoms with Crippen molar-refractivity contribution in [3.8, 4) is 22.3 Å². The summed E-state index contributed by atoms with van der Waals surface area (Å²) in [5.74, 6) is 0. The highest BCUT2D eigenvalue weighted by atomic mass is 35.5. The highest BCUT2D eigenvalue weighted by Gasteiger charge is 2.23. The molecule has 0 unspecified atom stereocenters. The van der Waals surface area contributed by atoms with Gasteiger partial charge in [0.05, 0.1) is 0 Å². The summed E-state index contributed by atoms with van der Waals surface area (Å²) >= 11 is 12.8. The van der Waals surface area contributed by atoms with Crippen molar-refractivity contribution in [1.82, 2.24) is 0 Å². The first-order valence-electron chi connectivity index (χ1n) is 12.0. The molecule has 0 amide bonds. The van der Waals surface area contributed by atoms with Gasteiger partial charge in [-0.05, 0) is 75.0 Å². The van der Waals surface area contributed by atoms with E-state index in [4.69, 9.17) is 27.6 Å². The number of benzene rings is 4. The van der Waals surface area contributed by atoms with Gasteiger partial charge in [0.15, 0.2) is 0 Å². The van der Waals surface area contributed by atoms with E-state index in [1.54, 1.807) is 6.07 Å². The summed E-state index contributed by atoms with van der Waals surface area (Å²) in [6.45, 7) is 13.6. The van der Waals surface area contributed by atoms with E-state index in [-0.39, 0.29) is 10.8 Å². The molecule has 5 rings (SSSR count). The quantitative estimate of drug-likeness (QED) is 0.234. The second-order valence-corrected chi connectivity index (χ2v) is 12.3. The molecule has 0 atom stereocenters. The van der Waals surface area contributed by atoms with Crippen LogP contribution in [0.15, 0.2) is 77.2 Å². The van der Waals surface area contributed by atoms with Crippen molar-refractivity contribution in [2.24, 2.45) is 0 Å². The molecule has 35 heavy (non-hydrogen) atoms. The molecule has 1 nitrogen and oxygen atoms in total. The molecule has 0 bridgehead atoms. The Kier molecular flexibility index (Phi) is 5.78. The van der Waals surface area contributed by atoms with Crippen molar-refractivity contribution in [1.29, 1.82) is 0 Å². The van der Waals surface area contributed by atoms with E-state index in [9.17, 15) is 0 Å². The number of furan rings is 1. The maximum atomic E-state index is 6.48. The number of hydrogen-bond acceptors (Lipinski definition) is 1. The lowest BCUT2D eigenvalue weighted by atomic mass is 9.78. The summed E-state index contributed by atoms with van der Waals surface area (Å²) in [7, 11) is 0. The van der Waals surface area contributed by atoms with E-state index in [1.165, 1.54) is 11.1 Å². The molecular weight excluding hydrogens is 471 g/mol. The third-order valence-corrected chi connectivity index (χ3v) is 7.09. The normalized spacial score (nSPS) is 12.6. The highest BCUT2D eigenvalue weighted by molar-refractivity contribution is 6.35. The van der Waals surface area contributed by atoms with Crippen LogP contribution in [-0.4, -0.2) is 0 Å². The van der Waals surface area contributed by atoms with Crippen LogP contribution in [-0.2, 0) is 10.8 Å². The monoisotopic (exact) mass is 500 g/mol. The molecular formula is C32H30Cl2O. The minimum Gasteiger partial charge on any atom is -0.455 e. The molecule has 178 valence electrons. The molecule has 0 spiro atoms. The van der Waals surface area contributed by atoms with Crippen LogP contribution in [0.2, 0.25) is 10.0 Å². The van der Waals surface area contributed by atoms with E-state index in [2.05, 4.69) is 84.0 Å². The zero-order valence-corrected chi connectivity index (χ0v) is 22.6. The first-order valence-corrected chi connectivity index (χ1v) is 12.7. The molecule has 0 aliphatic rings. The first kappa shape index (κ1) is 24.0. The Balaban J connectivity index is 1.88. The zero-order valence-electron chi connectivity index (χ0n) is 21.1. The summed E-state index contributed by atoms with van der Waals surface area (Å²) in [4.78, 5) is 0. The molecule has 0 radical (unpaired) electrons. The van der Waals surface area contributed by atoms with Crippen LogP contribution in [0.25, 0.3) is 44.2 Å². The van der Waals surface area contributed by atoms with Crippen LogP contribution in [0.3, 0.4) is 0 Å². The zero-order chi connectivity index (χ0) is 25.1. The van der Waals surface area contributed by atoms with Crippen molar-refractivity contribution in [2.45, 2.75) is 52.4 Å². The molecule has 0 saturated carbocycles. The Labute approximate surface area is 217 Å². The average molecular weight is 501 g/mol. The fourth-order valence-corrected chi connectivity index (χ4v) is 5.10. The second kappa shape index (κ2) is 8.43. The van der Waals surface area contributed by atoms with Gasteiger partial charge in [0.25, 0.3) is 0 Å². The van der Waals surface area contributed by atoms with E-state index in [0.717, 1.165) is 44.2 Å². The molecule has 1 aromatic heterocycles. The first-order chi connectivity index (χ1) is 16.4. The van der Waals surface area contributed by atoms with Gasteiger partial charge in [-0.25, -0.2) is 0 Å². The van der Waals surface area contributed by atoms with Gasteiger partial charge in [-0.3, -0.25) is 0 Å². The smallest absolute Gasteiger partial charge is 0.143 e. The Bertz CT molecular complexity index is 1520. The summed E-state index contributed by atoms with van der Waals surface area (Å²) < 4.78 is 6.48. The topological polar surface area (TPSA) is 13.1 Å². The Morgan fingerprint density at radius 3 is 1.74 bits per heavy atom. The van der Waals surface area contributed by atoms with E-state index in [0.29, 0.717) is 10.0 Å². The van der Waals surface area contributed by atoms with Gasteiger partial charge in [0, 0.05) is 26.4 Å². The number of halogens is 2. The van der Waals surface area contributed by atoms with Crippen LogP contribution >= 0.6 is 23.2 Å². The Morgan fingerprint density at radius 2 is 1.14 bits per heavy atom. The predicted octanol–water partition coefficient (Wildman–Crippen LogP) is 10.8. The van der Waals surface area contributed by atoms with Gasteiger partial charge in [-0.2, -0.15) is 0 Å². The lowest BCUT2D eigenvalue weighted by molar-refractivity contribution is 0.569. The maximum Gasteiger partial charge on any atom is 0.143 e. The van der Waals surface area contributed by atoms with E-state index < -0.39 is 0 Å². The highest BCUT2D eigenvalue weighted by Crippen LogP contribution is 2.42. The summed E-state index contributed by atoms with van der Waals surface area (Å²) in [6.07, 6.45) is 0. The molecule has 0 fully saturated rings. The second-order valence-electron chi connectivity index (χ2n) is 11.5. The minimum atomic E-state index is 0.0150. The molecule has 0 saturated heterocycles. The number of hydrogen-bond donors (Lipinski definition) is 0. The van der Waals surface area contributed by atoms with Crippen molar-refractivity contribution in [2.75, 3.05) is 0 Å². The Morgan fingerprint density at radius 1 is 0.571 bits per heavy atom. The summed E-state index contributed by atoms with van der Waals surface area (Å²) in [6, 6.07) is 25.3. The average Bonchev–Trinajstić information content (AvgIpc) is 3.15. The molecule has 4 aromatic carbocycles. The molecule has 0 N–H and O–H groups in total. The van der Waals surface area contributed by atoms with Crippen LogP contribution in [0.5, 0.6) is 0 Å². The van der Waals surface area contributed by atoms with Gasteiger partial charge in [0.2, 0.25) is 0 Å². The van der Waals surface area contributed by atoms with Gasteiger partial charge >= 0.3 is 0 Å². The third-order valence-electron chi connectivity index (χ3n) is 6.65. The fourth-order valence-electron chi connectivity index (χ4n) is 4.58. The summed E-state index contributed by atoms with van der Waals surface area (Å²) in [5.41, 5.74) is 8.69.